The number of phenols is 1. The third-order valence-electron chi connectivity index (χ3n) is 3.22. The van der Waals surface area contributed by atoms with Crippen LogP contribution in [0.5, 0.6) is 5.75 Å². The van der Waals surface area contributed by atoms with Gasteiger partial charge >= 0.3 is 0 Å². The Morgan fingerprint density at radius 3 is 2.33 bits per heavy atom. The molecule has 106 valence electrons. The van der Waals surface area contributed by atoms with Gasteiger partial charge in [-0.05, 0) is 34.5 Å². The molecule has 0 atom stereocenters. The minimum atomic E-state index is -0.927. The van der Waals surface area contributed by atoms with Gasteiger partial charge in [-0.1, -0.05) is 36.4 Å². The molecule has 3 aromatic rings. The predicted octanol–water partition coefficient (Wildman–Crippen LogP) is 5.12. The largest absolute Gasteiger partial charge is 0.503 e. The maximum Gasteiger partial charge on any atom is 0.187 e. The number of rotatable bonds is 3. The van der Waals surface area contributed by atoms with E-state index in [1.807, 2.05) is 42.5 Å². The molecule has 0 heterocycles. The van der Waals surface area contributed by atoms with Crippen LogP contribution in [0.1, 0.15) is 5.56 Å². The first-order chi connectivity index (χ1) is 10.1. The number of hydrogen-bond acceptors (Lipinski definition) is 2. The maximum absolute atomic E-state index is 13.3. The third kappa shape index (κ3) is 2.85. The Morgan fingerprint density at radius 1 is 0.905 bits per heavy atom. The average Bonchev–Trinajstić information content (AvgIpc) is 2.50. The molecule has 0 saturated heterocycles. The normalized spacial score (nSPS) is 11.0. The van der Waals surface area contributed by atoms with Gasteiger partial charge in [-0.2, -0.15) is 0 Å². The summed E-state index contributed by atoms with van der Waals surface area (Å²) in [5.41, 5.74) is 0.501. The summed E-state index contributed by atoms with van der Waals surface area (Å²) in [5, 5.41) is 11.3. The molecule has 3 rings (SSSR count). The van der Waals surface area contributed by atoms with Crippen LogP contribution in [0, 0.1) is 11.6 Å². The molecule has 1 nitrogen and oxygen atoms in total. The van der Waals surface area contributed by atoms with Crippen LogP contribution < -0.4 is 0 Å². The van der Waals surface area contributed by atoms with Gasteiger partial charge in [-0.3, -0.25) is 0 Å². The van der Waals surface area contributed by atoms with E-state index in [2.05, 4.69) is 0 Å². The van der Waals surface area contributed by atoms with Crippen molar-refractivity contribution < 1.29 is 13.9 Å². The minimum absolute atomic E-state index is 0.433. The SMILES string of the molecule is Oc1c(F)cc(CSc2cccc3ccccc23)cc1F. The summed E-state index contributed by atoms with van der Waals surface area (Å²) < 4.78 is 26.6. The van der Waals surface area contributed by atoms with Crippen molar-refractivity contribution in [3.05, 3.63) is 71.8 Å². The number of phenolic OH excluding ortho intramolecular Hbond substituents is 1. The van der Waals surface area contributed by atoms with Crippen LogP contribution >= 0.6 is 11.8 Å². The van der Waals surface area contributed by atoms with Crippen LogP contribution in [0.3, 0.4) is 0 Å². The van der Waals surface area contributed by atoms with E-state index < -0.39 is 17.4 Å². The second-order valence-electron chi connectivity index (χ2n) is 4.67. The molecular weight excluding hydrogens is 290 g/mol. The molecule has 0 aliphatic carbocycles. The molecular formula is C17H12F2OS. The number of aromatic hydroxyl groups is 1. The van der Waals surface area contributed by atoms with E-state index in [1.54, 1.807) is 0 Å². The summed E-state index contributed by atoms with van der Waals surface area (Å²) >= 11 is 1.51. The van der Waals surface area contributed by atoms with Gasteiger partial charge in [0.15, 0.2) is 17.4 Å². The standard InChI is InChI=1S/C17H12F2OS/c18-14-8-11(9-15(19)17(14)20)10-21-16-7-3-5-12-4-1-2-6-13(12)16/h1-9,20H,10H2. The number of thioether (sulfide) groups is 1. The fourth-order valence-electron chi connectivity index (χ4n) is 2.18. The molecule has 0 aromatic heterocycles. The maximum atomic E-state index is 13.3. The van der Waals surface area contributed by atoms with Crippen molar-refractivity contribution in [3.63, 3.8) is 0 Å². The second-order valence-corrected chi connectivity index (χ2v) is 5.69. The van der Waals surface area contributed by atoms with E-state index in [1.165, 1.54) is 11.8 Å². The highest BCUT2D eigenvalue weighted by Crippen LogP contribution is 2.31. The topological polar surface area (TPSA) is 20.2 Å². The lowest BCUT2D eigenvalue weighted by atomic mass is 10.1. The number of benzene rings is 3. The molecule has 0 unspecified atom stereocenters. The Morgan fingerprint density at radius 2 is 1.57 bits per heavy atom. The molecule has 0 spiro atoms. The van der Waals surface area contributed by atoms with Gasteiger partial charge in [0.25, 0.3) is 0 Å². The molecule has 0 bridgehead atoms. The van der Waals surface area contributed by atoms with E-state index in [0.29, 0.717) is 11.3 Å². The van der Waals surface area contributed by atoms with Crippen LogP contribution in [0.4, 0.5) is 8.78 Å². The zero-order valence-corrected chi connectivity index (χ0v) is 11.8. The zero-order valence-electron chi connectivity index (χ0n) is 11.0. The quantitative estimate of drug-likeness (QED) is 0.678. The van der Waals surface area contributed by atoms with Crippen molar-refractivity contribution in [1.82, 2.24) is 0 Å². The summed E-state index contributed by atoms with van der Waals surface area (Å²) in [6.07, 6.45) is 0. The van der Waals surface area contributed by atoms with E-state index >= 15 is 0 Å². The Hall–Kier alpha value is -2.07. The summed E-state index contributed by atoms with van der Waals surface area (Å²) in [4.78, 5) is 1.06. The van der Waals surface area contributed by atoms with Gasteiger partial charge in [0.2, 0.25) is 0 Å². The monoisotopic (exact) mass is 302 g/mol. The third-order valence-corrected chi connectivity index (χ3v) is 4.37. The first-order valence-electron chi connectivity index (χ1n) is 6.42. The van der Waals surface area contributed by atoms with Gasteiger partial charge in [0, 0.05) is 10.6 Å². The first-order valence-corrected chi connectivity index (χ1v) is 7.41. The Bertz CT molecular complexity index is 773. The molecule has 1 N–H and O–H groups in total. The van der Waals surface area contributed by atoms with E-state index in [0.717, 1.165) is 27.8 Å². The summed E-state index contributed by atoms with van der Waals surface area (Å²) in [7, 11) is 0. The van der Waals surface area contributed by atoms with E-state index in [4.69, 9.17) is 5.11 Å². The van der Waals surface area contributed by atoms with Crippen LogP contribution in [0.2, 0.25) is 0 Å². The van der Waals surface area contributed by atoms with E-state index in [9.17, 15) is 8.78 Å². The molecule has 0 saturated carbocycles. The second kappa shape index (κ2) is 5.74. The predicted molar refractivity (Wildman–Crippen MR) is 81.5 cm³/mol. The van der Waals surface area contributed by atoms with Gasteiger partial charge in [-0.15, -0.1) is 11.8 Å². The Balaban J connectivity index is 1.87. The molecule has 0 fully saturated rings. The van der Waals surface area contributed by atoms with Crippen LogP contribution in [-0.2, 0) is 5.75 Å². The van der Waals surface area contributed by atoms with Gasteiger partial charge in [-0.25, -0.2) is 8.78 Å². The molecule has 21 heavy (non-hydrogen) atoms. The Labute approximate surface area is 125 Å². The van der Waals surface area contributed by atoms with Crippen LogP contribution in [0.15, 0.2) is 59.5 Å². The van der Waals surface area contributed by atoms with Crippen molar-refractivity contribution in [2.45, 2.75) is 10.6 Å². The highest BCUT2D eigenvalue weighted by atomic mass is 32.2. The lowest BCUT2D eigenvalue weighted by Gasteiger charge is -2.07. The van der Waals surface area contributed by atoms with Crippen molar-refractivity contribution in [2.24, 2.45) is 0 Å². The van der Waals surface area contributed by atoms with Gasteiger partial charge in [0.05, 0.1) is 0 Å². The molecule has 0 amide bonds. The van der Waals surface area contributed by atoms with Crippen molar-refractivity contribution in [2.75, 3.05) is 0 Å². The fraction of sp³-hybridized carbons (Fsp3) is 0.0588. The molecule has 3 aromatic carbocycles. The zero-order chi connectivity index (χ0) is 14.8. The van der Waals surface area contributed by atoms with Crippen molar-refractivity contribution in [3.8, 4) is 5.75 Å². The average molecular weight is 302 g/mol. The summed E-state index contributed by atoms with van der Waals surface area (Å²) in [5.74, 6) is -2.34. The lowest BCUT2D eigenvalue weighted by molar-refractivity contribution is 0.395. The number of fused-ring (bicyclic) bond motifs is 1. The van der Waals surface area contributed by atoms with E-state index in [-0.39, 0.29) is 0 Å². The highest BCUT2D eigenvalue weighted by Gasteiger charge is 2.10. The van der Waals surface area contributed by atoms with Gasteiger partial charge in [0.1, 0.15) is 0 Å². The molecule has 4 heteroatoms. The van der Waals surface area contributed by atoms with Crippen LogP contribution in [0.25, 0.3) is 10.8 Å². The first kappa shape index (κ1) is 13.9. The molecule has 0 radical (unpaired) electrons. The Kier molecular flexibility index (Phi) is 3.80. The molecule has 0 aliphatic heterocycles. The summed E-state index contributed by atoms with van der Waals surface area (Å²) in [6.45, 7) is 0. The van der Waals surface area contributed by atoms with Gasteiger partial charge < -0.3 is 5.11 Å². The minimum Gasteiger partial charge on any atom is -0.503 e. The number of halogens is 2. The smallest absolute Gasteiger partial charge is 0.187 e. The van der Waals surface area contributed by atoms with Crippen LogP contribution in [-0.4, -0.2) is 5.11 Å². The van der Waals surface area contributed by atoms with Crippen molar-refractivity contribution >= 4 is 22.5 Å². The lowest BCUT2D eigenvalue weighted by Crippen LogP contribution is -1.89. The summed E-state index contributed by atoms with van der Waals surface area (Å²) in [6, 6.07) is 16.3. The fourth-order valence-corrected chi connectivity index (χ4v) is 3.19. The van der Waals surface area contributed by atoms with Crippen molar-refractivity contribution in [1.29, 1.82) is 0 Å². The molecule has 0 aliphatic rings. The number of hydrogen-bond donors (Lipinski definition) is 1. The highest BCUT2D eigenvalue weighted by molar-refractivity contribution is 7.98.